The first-order chi connectivity index (χ1) is 9.04. The Morgan fingerprint density at radius 1 is 1.16 bits per heavy atom. The number of Topliss-reactive ketones (excluding diaryl/α,β-unsaturated/α-hetero) is 1. The minimum Gasteiger partial charge on any atom is -0.370 e. The van der Waals surface area contributed by atoms with E-state index in [0.29, 0.717) is 22.4 Å². The highest BCUT2D eigenvalue weighted by Crippen LogP contribution is 2.30. The Morgan fingerprint density at radius 2 is 1.74 bits per heavy atom. The van der Waals surface area contributed by atoms with Crippen molar-refractivity contribution in [3.05, 3.63) is 34.9 Å². The summed E-state index contributed by atoms with van der Waals surface area (Å²) in [5.74, 6) is 1.42. The number of hydrogen-bond acceptors (Lipinski definition) is 2. The SMILES string of the molecule is CC1CC(C)CC(OCC(=O)c2ccc(Cl)cc2)C1. The Bertz CT molecular complexity index is 417. The fraction of sp³-hybridized carbons (Fsp3) is 0.562. The van der Waals surface area contributed by atoms with Crippen molar-refractivity contribution in [2.45, 2.75) is 39.2 Å². The first-order valence-electron chi connectivity index (χ1n) is 6.95. The zero-order valence-corrected chi connectivity index (χ0v) is 12.3. The first kappa shape index (κ1) is 14.5. The Labute approximate surface area is 120 Å². The predicted octanol–water partition coefficient (Wildman–Crippen LogP) is 4.36. The van der Waals surface area contributed by atoms with Crippen molar-refractivity contribution in [2.75, 3.05) is 6.61 Å². The van der Waals surface area contributed by atoms with Gasteiger partial charge in [-0.15, -0.1) is 0 Å². The molecule has 0 bridgehead atoms. The zero-order chi connectivity index (χ0) is 13.8. The average Bonchev–Trinajstić information content (AvgIpc) is 2.36. The van der Waals surface area contributed by atoms with Gasteiger partial charge >= 0.3 is 0 Å². The number of carbonyl (C=O) groups excluding carboxylic acids is 1. The van der Waals surface area contributed by atoms with Crippen LogP contribution in [0.15, 0.2) is 24.3 Å². The molecule has 1 saturated carbocycles. The molecule has 1 aliphatic rings. The van der Waals surface area contributed by atoms with Crippen LogP contribution in [0.25, 0.3) is 0 Å². The summed E-state index contributed by atoms with van der Waals surface area (Å²) in [7, 11) is 0. The Morgan fingerprint density at radius 3 is 2.32 bits per heavy atom. The normalized spacial score (nSPS) is 27.2. The number of carbonyl (C=O) groups is 1. The molecule has 0 aromatic heterocycles. The summed E-state index contributed by atoms with van der Waals surface area (Å²) >= 11 is 5.80. The van der Waals surface area contributed by atoms with E-state index >= 15 is 0 Å². The van der Waals surface area contributed by atoms with E-state index in [0.717, 1.165) is 12.8 Å². The molecule has 0 amide bonds. The molecular formula is C16H21ClO2. The number of halogens is 1. The molecule has 0 saturated heterocycles. The van der Waals surface area contributed by atoms with Gasteiger partial charge < -0.3 is 4.74 Å². The molecular weight excluding hydrogens is 260 g/mol. The molecule has 1 fully saturated rings. The molecule has 104 valence electrons. The van der Waals surface area contributed by atoms with Crippen molar-refractivity contribution in [3.8, 4) is 0 Å². The van der Waals surface area contributed by atoms with Gasteiger partial charge in [-0.3, -0.25) is 4.79 Å². The largest absolute Gasteiger partial charge is 0.370 e. The molecule has 0 radical (unpaired) electrons. The van der Waals surface area contributed by atoms with Crippen molar-refractivity contribution >= 4 is 17.4 Å². The minimum absolute atomic E-state index is 0.0301. The zero-order valence-electron chi connectivity index (χ0n) is 11.6. The van der Waals surface area contributed by atoms with E-state index in [2.05, 4.69) is 13.8 Å². The molecule has 2 atom stereocenters. The Hall–Kier alpha value is -0.860. The summed E-state index contributed by atoms with van der Waals surface area (Å²) < 4.78 is 5.79. The monoisotopic (exact) mass is 280 g/mol. The molecule has 3 heteroatoms. The van der Waals surface area contributed by atoms with Crippen LogP contribution in [0.1, 0.15) is 43.5 Å². The van der Waals surface area contributed by atoms with Crippen LogP contribution in [0.2, 0.25) is 5.02 Å². The smallest absolute Gasteiger partial charge is 0.188 e. The molecule has 0 heterocycles. The van der Waals surface area contributed by atoms with E-state index in [9.17, 15) is 4.79 Å². The standard InChI is InChI=1S/C16H21ClO2/c1-11-7-12(2)9-15(8-11)19-10-16(18)13-3-5-14(17)6-4-13/h3-6,11-12,15H,7-10H2,1-2H3. The Balaban J connectivity index is 1.84. The molecule has 2 rings (SSSR count). The molecule has 19 heavy (non-hydrogen) atoms. The third-order valence-electron chi connectivity index (χ3n) is 3.75. The third kappa shape index (κ3) is 4.32. The molecule has 1 aromatic carbocycles. The predicted molar refractivity (Wildman–Crippen MR) is 77.7 cm³/mol. The second kappa shape index (κ2) is 6.53. The first-order valence-corrected chi connectivity index (χ1v) is 7.32. The van der Waals surface area contributed by atoms with Crippen molar-refractivity contribution in [2.24, 2.45) is 11.8 Å². The van der Waals surface area contributed by atoms with Crippen molar-refractivity contribution in [3.63, 3.8) is 0 Å². The van der Waals surface area contributed by atoms with E-state index in [1.807, 2.05) is 0 Å². The summed E-state index contributed by atoms with van der Waals surface area (Å²) in [4.78, 5) is 12.0. The van der Waals surface area contributed by atoms with Gasteiger partial charge in [0.25, 0.3) is 0 Å². The van der Waals surface area contributed by atoms with Crippen LogP contribution in [0.3, 0.4) is 0 Å². The van der Waals surface area contributed by atoms with Crippen LogP contribution in [-0.4, -0.2) is 18.5 Å². The molecule has 0 aliphatic heterocycles. The van der Waals surface area contributed by atoms with Gasteiger partial charge in [-0.1, -0.05) is 25.4 Å². The topological polar surface area (TPSA) is 26.3 Å². The van der Waals surface area contributed by atoms with Gasteiger partial charge in [-0.25, -0.2) is 0 Å². The van der Waals surface area contributed by atoms with E-state index < -0.39 is 0 Å². The van der Waals surface area contributed by atoms with Crippen molar-refractivity contribution < 1.29 is 9.53 Å². The van der Waals surface area contributed by atoms with Crippen molar-refractivity contribution in [1.29, 1.82) is 0 Å². The molecule has 2 nitrogen and oxygen atoms in total. The Kier molecular flexibility index (Phi) is 5.00. The molecule has 1 aliphatic carbocycles. The highest BCUT2D eigenvalue weighted by Gasteiger charge is 2.25. The summed E-state index contributed by atoms with van der Waals surface area (Å²) in [5.41, 5.74) is 0.668. The van der Waals surface area contributed by atoms with E-state index in [4.69, 9.17) is 16.3 Å². The minimum atomic E-state index is 0.0301. The quantitative estimate of drug-likeness (QED) is 0.766. The molecule has 0 spiro atoms. The van der Waals surface area contributed by atoms with Gasteiger partial charge in [-0.05, 0) is 55.4 Å². The van der Waals surface area contributed by atoms with Gasteiger partial charge in [0, 0.05) is 10.6 Å². The highest BCUT2D eigenvalue weighted by molar-refractivity contribution is 6.30. The van der Waals surface area contributed by atoms with Crippen LogP contribution >= 0.6 is 11.6 Å². The van der Waals surface area contributed by atoms with E-state index in [1.54, 1.807) is 24.3 Å². The maximum atomic E-state index is 12.0. The fourth-order valence-corrected chi connectivity index (χ4v) is 3.05. The number of ketones is 1. The van der Waals surface area contributed by atoms with Crippen LogP contribution in [0.4, 0.5) is 0 Å². The van der Waals surface area contributed by atoms with Gasteiger partial charge in [0.2, 0.25) is 0 Å². The average molecular weight is 281 g/mol. The lowest BCUT2D eigenvalue weighted by molar-refractivity contribution is 0.00562. The van der Waals surface area contributed by atoms with E-state index in [1.165, 1.54) is 6.42 Å². The summed E-state index contributed by atoms with van der Waals surface area (Å²) in [6.45, 7) is 4.69. The third-order valence-corrected chi connectivity index (χ3v) is 4.00. The van der Waals surface area contributed by atoms with Gasteiger partial charge in [0.15, 0.2) is 5.78 Å². The maximum absolute atomic E-state index is 12.0. The summed E-state index contributed by atoms with van der Waals surface area (Å²) in [6.07, 6.45) is 3.64. The summed E-state index contributed by atoms with van der Waals surface area (Å²) in [5, 5.41) is 0.646. The number of benzene rings is 1. The molecule has 1 aromatic rings. The maximum Gasteiger partial charge on any atom is 0.188 e. The van der Waals surface area contributed by atoms with Gasteiger partial charge in [0.1, 0.15) is 6.61 Å². The second-order valence-electron chi connectivity index (χ2n) is 5.78. The lowest BCUT2D eigenvalue weighted by Crippen LogP contribution is -2.28. The molecule has 2 unspecified atom stereocenters. The lowest BCUT2D eigenvalue weighted by atomic mass is 9.82. The van der Waals surface area contributed by atoms with Gasteiger partial charge in [-0.2, -0.15) is 0 Å². The van der Waals surface area contributed by atoms with E-state index in [-0.39, 0.29) is 18.5 Å². The van der Waals surface area contributed by atoms with Crippen LogP contribution < -0.4 is 0 Å². The highest BCUT2D eigenvalue weighted by atomic mass is 35.5. The van der Waals surface area contributed by atoms with Crippen molar-refractivity contribution in [1.82, 2.24) is 0 Å². The fourth-order valence-electron chi connectivity index (χ4n) is 2.92. The number of ether oxygens (including phenoxy) is 1. The van der Waals surface area contributed by atoms with Crippen LogP contribution in [-0.2, 0) is 4.74 Å². The lowest BCUT2D eigenvalue weighted by Gasteiger charge is -2.31. The van der Waals surface area contributed by atoms with Gasteiger partial charge in [0.05, 0.1) is 6.10 Å². The second-order valence-corrected chi connectivity index (χ2v) is 6.22. The number of rotatable bonds is 4. The number of hydrogen-bond donors (Lipinski definition) is 0. The van der Waals surface area contributed by atoms with Crippen LogP contribution in [0.5, 0.6) is 0 Å². The molecule has 0 N–H and O–H groups in total. The summed E-state index contributed by atoms with van der Waals surface area (Å²) in [6, 6.07) is 6.97. The van der Waals surface area contributed by atoms with Crippen LogP contribution in [0, 0.1) is 11.8 Å².